The molecule has 2 rings (SSSR count). The highest BCUT2D eigenvalue weighted by Crippen LogP contribution is 2.32. The van der Waals surface area contributed by atoms with E-state index in [1.165, 1.54) is 11.3 Å². The second kappa shape index (κ2) is 5.51. The predicted octanol–water partition coefficient (Wildman–Crippen LogP) is 2.83. The minimum atomic E-state index is -0.824. The van der Waals surface area contributed by atoms with Gasteiger partial charge in [-0.05, 0) is 32.4 Å². The molecule has 1 aromatic rings. The van der Waals surface area contributed by atoms with Gasteiger partial charge in [-0.2, -0.15) is 0 Å². The number of aliphatic carboxylic acids is 1. The first-order chi connectivity index (χ1) is 8.91. The first kappa shape index (κ1) is 14.3. The molecule has 2 heterocycles. The molecule has 104 valence electrons. The molecule has 1 aromatic heterocycles. The van der Waals surface area contributed by atoms with Crippen molar-refractivity contribution in [2.45, 2.75) is 32.2 Å². The molecule has 1 N–H and O–H groups in total. The molecule has 0 spiro atoms. The quantitative estimate of drug-likeness (QED) is 0.934. The van der Waals surface area contributed by atoms with Crippen molar-refractivity contribution in [2.24, 2.45) is 5.92 Å². The average molecular weight is 302 g/mol. The van der Waals surface area contributed by atoms with E-state index in [0.717, 1.165) is 4.88 Å². The van der Waals surface area contributed by atoms with Gasteiger partial charge in [0.25, 0.3) is 0 Å². The smallest absolute Gasteiger partial charge is 0.308 e. The SMILES string of the molecule is CC(C(=O)N1CCC(C(=O)O)C1C)c1ccc(Cl)s1. The van der Waals surface area contributed by atoms with E-state index in [4.69, 9.17) is 16.7 Å². The van der Waals surface area contributed by atoms with Gasteiger partial charge in [-0.25, -0.2) is 0 Å². The Hall–Kier alpha value is -1.07. The van der Waals surface area contributed by atoms with Gasteiger partial charge in [-0.15, -0.1) is 11.3 Å². The number of likely N-dealkylation sites (tertiary alicyclic amines) is 1. The minimum absolute atomic E-state index is 0.0187. The summed E-state index contributed by atoms with van der Waals surface area (Å²) in [6.07, 6.45) is 0.528. The van der Waals surface area contributed by atoms with Crippen LogP contribution in [0.5, 0.6) is 0 Å². The topological polar surface area (TPSA) is 57.6 Å². The maximum absolute atomic E-state index is 12.4. The average Bonchev–Trinajstić information content (AvgIpc) is 2.93. The number of carboxylic acids is 1. The third-order valence-corrected chi connectivity index (χ3v) is 5.16. The molecule has 0 aromatic carbocycles. The molecule has 6 heteroatoms. The summed E-state index contributed by atoms with van der Waals surface area (Å²) < 4.78 is 0.660. The van der Waals surface area contributed by atoms with Crippen LogP contribution in [0.1, 0.15) is 31.1 Å². The fourth-order valence-electron chi connectivity index (χ4n) is 2.51. The van der Waals surface area contributed by atoms with Crippen LogP contribution in [-0.2, 0) is 9.59 Å². The Kier molecular flexibility index (Phi) is 4.16. The van der Waals surface area contributed by atoms with Gasteiger partial charge in [0.2, 0.25) is 5.91 Å². The van der Waals surface area contributed by atoms with Crippen molar-refractivity contribution in [1.29, 1.82) is 0 Å². The number of carbonyl (C=O) groups is 2. The summed E-state index contributed by atoms with van der Waals surface area (Å²) >= 11 is 7.27. The lowest BCUT2D eigenvalue weighted by Crippen LogP contribution is -2.39. The fourth-order valence-corrected chi connectivity index (χ4v) is 3.62. The molecule has 1 fully saturated rings. The third kappa shape index (κ3) is 2.77. The van der Waals surface area contributed by atoms with Crippen molar-refractivity contribution in [3.8, 4) is 0 Å². The zero-order valence-electron chi connectivity index (χ0n) is 10.8. The Balaban J connectivity index is 2.10. The monoisotopic (exact) mass is 301 g/mol. The molecule has 19 heavy (non-hydrogen) atoms. The highest BCUT2D eigenvalue weighted by atomic mass is 35.5. The molecular formula is C13H16ClNO3S. The molecule has 1 amide bonds. The highest BCUT2D eigenvalue weighted by molar-refractivity contribution is 7.16. The highest BCUT2D eigenvalue weighted by Gasteiger charge is 2.39. The summed E-state index contributed by atoms with van der Waals surface area (Å²) in [5.41, 5.74) is 0. The number of amides is 1. The third-order valence-electron chi connectivity index (χ3n) is 3.75. The van der Waals surface area contributed by atoms with Gasteiger partial charge in [-0.1, -0.05) is 11.6 Å². The molecule has 1 saturated heterocycles. The predicted molar refractivity (Wildman–Crippen MR) is 74.7 cm³/mol. The van der Waals surface area contributed by atoms with Crippen molar-refractivity contribution < 1.29 is 14.7 Å². The molecule has 3 unspecified atom stereocenters. The molecule has 3 atom stereocenters. The van der Waals surface area contributed by atoms with Gasteiger partial charge in [0.15, 0.2) is 0 Å². The molecule has 1 aliphatic rings. The fraction of sp³-hybridized carbons (Fsp3) is 0.538. The Morgan fingerprint density at radius 1 is 1.53 bits per heavy atom. The van der Waals surface area contributed by atoms with E-state index < -0.39 is 11.9 Å². The first-order valence-corrected chi connectivity index (χ1v) is 7.39. The lowest BCUT2D eigenvalue weighted by atomic mass is 10.0. The first-order valence-electron chi connectivity index (χ1n) is 6.20. The van der Waals surface area contributed by atoms with Crippen LogP contribution in [0.25, 0.3) is 0 Å². The van der Waals surface area contributed by atoms with E-state index in [-0.39, 0.29) is 17.9 Å². The van der Waals surface area contributed by atoms with Crippen LogP contribution in [0.4, 0.5) is 0 Å². The number of carboxylic acid groups (broad SMARTS) is 1. The van der Waals surface area contributed by atoms with Gasteiger partial charge >= 0.3 is 5.97 Å². The minimum Gasteiger partial charge on any atom is -0.481 e. The summed E-state index contributed by atoms with van der Waals surface area (Å²) in [5, 5.41) is 9.09. The molecule has 1 aliphatic heterocycles. The van der Waals surface area contributed by atoms with Gasteiger partial charge in [-0.3, -0.25) is 9.59 Å². The second-order valence-electron chi connectivity index (χ2n) is 4.87. The second-order valence-corrected chi connectivity index (χ2v) is 6.62. The zero-order chi connectivity index (χ0) is 14.2. The number of halogens is 1. The van der Waals surface area contributed by atoms with E-state index in [2.05, 4.69) is 0 Å². The van der Waals surface area contributed by atoms with Crippen molar-refractivity contribution in [3.05, 3.63) is 21.3 Å². The maximum Gasteiger partial charge on any atom is 0.308 e. The van der Waals surface area contributed by atoms with Gasteiger partial charge in [0.1, 0.15) is 0 Å². The van der Waals surface area contributed by atoms with Crippen LogP contribution in [0.15, 0.2) is 12.1 Å². The summed E-state index contributed by atoms with van der Waals surface area (Å²) in [6, 6.07) is 3.38. The summed E-state index contributed by atoms with van der Waals surface area (Å²) in [5.74, 6) is -1.57. The van der Waals surface area contributed by atoms with Crippen molar-refractivity contribution in [1.82, 2.24) is 4.90 Å². The molecular weight excluding hydrogens is 286 g/mol. The van der Waals surface area contributed by atoms with Crippen LogP contribution in [0.3, 0.4) is 0 Å². The number of hydrogen-bond donors (Lipinski definition) is 1. The van der Waals surface area contributed by atoms with E-state index in [1.807, 2.05) is 13.0 Å². The lowest BCUT2D eigenvalue weighted by molar-refractivity contribution is -0.143. The van der Waals surface area contributed by atoms with Gasteiger partial charge in [0, 0.05) is 17.5 Å². The number of thiophene rings is 1. The van der Waals surface area contributed by atoms with Crippen LogP contribution < -0.4 is 0 Å². The molecule has 0 saturated carbocycles. The maximum atomic E-state index is 12.4. The molecule has 0 radical (unpaired) electrons. The number of carbonyl (C=O) groups excluding carboxylic acids is 1. The van der Waals surface area contributed by atoms with E-state index in [9.17, 15) is 9.59 Å². The van der Waals surface area contributed by atoms with Gasteiger partial charge < -0.3 is 10.0 Å². The standard InChI is InChI=1S/C13H16ClNO3S/c1-7(10-3-4-11(14)19-10)12(16)15-6-5-9(8(15)2)13(17)18/h3-4,7-9H,5-6H2,1-2H3,(H,17,18). The normalized spacial score (nSPS) is 24.5. The zero-order valence-corrected chi connectivity index (χ0v) is 12.4. The van der Waals surface area contributed by atoms with E-state index in [0.29, 0.717) is 17.3 Å². The summed E-state index contributed by atoms with van der Waals surface area (Å²) in [4.78, 5) is 26.1. The van der Waals surface area contributed by atoms with E-state index in [1.54, 1.807) is 17.9 Å². The Morgan fingerprint density at radius 3 is 2.68 bits per heavy atom. The van der Waals surface area contributed by atoms with Crippen LogP contribution in [0, 0.1) is 5.92 Å². The van der Waals surface area contributed by atoms with Crippen LogP contribution in [0.2, 0.25) is 4.34 Å². The van der Waals surface area contributed by atoms with E-state index >= 15 is 0 Å². The van der Waals surface area contributed by atoms with Crippen molar-refractivity contribution in [2.75, 3.05) is 6.54 Å². The molecule has 4 nitrogen and oxygen atoms in total. The number of rotatable bonds is 3. The Bertz CT molecular complexity index is 502. The Morgan fingerprint density at radius 2 is 2.21 bits per heavy atom. The number of nitrogens with zero attached hydrogens (tertiary/aromatic N) is 1. The number of hydrogen-bond acceptors (Lipinski definition) is 3. The van der Waals surface area contributed by atoms with Gasteiger partial charge in [0.05, 0.1) is 16.2 Å². The molecule has 0 bridgehead atoms. The molecule has 0 aliphatic carbocycles. The van der Waals surface area contributed by atoms with Crippen LogP contribution in [-0.4, -0.2) is 34.5 Å². The van der Waals surface area contributed by atoms with Crippen molar-refractivity contribution >= 4 is 34.8 Å². The van der Waals surface area contributed by atoms with Crippen molar-refractivity contribution in [3.63, 3.8) is 0 Å². The summed E-state index contributed by atoms with van der Waals surface area (Å²) in [7, 11) is 0. The largest absolute Gasteiger partial charge is 0.481 e. The summed E-state index contributed by atoms with van der Waals surface area (Å²) in [6.45, 7) is 4.16. The lowest BCUT2D eigenvalue weighted by Gasteiger charge is -2.26. The van der Waals surface area contributed by atoms with Crippen LogP contribution >= 0.6 is 22.9 Å². The Labute approximate surface area is 121 Å².